The van der Waals surface area contributed by atoms with Crippen molar-refractivity contribution in [2.75, 3.05) is 0 Å². The van der Waals surface area contributed by atoms with Crippen molar-refractivity contribution in [3.63, 3.8) is 0 Å². The van der Waals surface area contributed by atoms with E-state index in [1.807, 2.05) is 83.4 Å². The number of rotatable bonds is 4. The summed E-state index contributed by atoms with van der Waals surface area (Å²) in [6, 6.07) is 25.2. The Labute approximate surface area is 200 Å². The lowest BCUT2D eigenvalue weighted by Gasteiger charge is -2.14. The number of nitrogens with zero attached hydrogens (tertiary/aromatic N) is 4. The number of aromatic nitrogens is 4. The summed E-state index contributed by atoms with van der Waals surface area (Å²) in [5, 5.41) is 13.3. The van der Waals surface area contributed by atoms with Gasteiger partial charge in [-0.3, -0.25) is 14.4 Å². The maximum atomic E-state index is 12.8. The number of fused-ring (bicyclic) bond motifs is 4. The van der Waals surface area contributed by atoms with Gasteiger partial charge >= 0.3 is 0 Å². The minimum Gasteiger partial charge on any atom is -0.351 e. The minimum absolute atomic E-state index is 0.205. The van der Waals surface area contributed by atoms with E-state index in [1.54, 1.807) is 0 Å². The van der Waals surface area contributed by atoms with Gasteiger partial charge in [0.1, 0.15) is 12.2 Å². The third-order valence-electron chi connectivity index (χ3n) is 5.89. The predicted molar refractivity (Wildman–Crippen MR) is 132 cm³/mol. The minimum atomic E-state index is -0.205. The Morgan fingerprint density at radius 2 is 1.74 bits per heavy atom. The molecule has 0 radical (unpaired) electrons. The highest BCUT2D eigenvalue weighted by atomic mass is 35.5. The van der Waals surface area contributed by atoms with Crippen LogP contribution in [0.2, 0.25) is 5.02 Å². The van der Waals surface area contributed by atoms with Gasteiger partial charge in [-0.2, -0.15) is 0 Å². The Kier molecular flexibility index (Phi) is 4.96. The molecule has 0 saturated carbocycles. The summed E-state index contributed by atoms with van der Waals surface area (Å²) in [5.41, 5.74) is 4.92. The van der Waals surface area contributed by atoms with Gasteiger partial charge in [0, 0.05) is 27.1 Å². The number of hydrogen-bond acceptors (Lipinski definition) is 4. The highest BCUT2D eigenvalue weighted by Gasteiger charge is 2.24. The van der Waals surface area contributed by atoms with E-state index in [-0.39, 0.29) is 12.5 Å². The second-order valence-electron chi connectivity index (χ2n) is 7.98. The first-order valence-corrected chi connectivity index (χ1v) is 11.2. The zero-order valence-corrected chi connectivity index (χ0v) is 18.8. The van der Waals surface area contributed by atoms with Gasteiger partial charge in [0.2, 0.25) is 0 Å². The van der Waals surface area contributed by atoms with Gasteiger partial charge in [-0.1, -0.05) is 66.2 Å². The maximum absolute atomic E-state index is 12.8. The van der Waals surface area contributed by atoms with Crippen LogP contribution in [0.1, 0.15) is 33.3 Å². The van der Waals surface area contributed by atoms with E-state index < -0.39 is 0 Å². The van der Waals surface area contributed by atoms with E-state index in [9.17, 15) is 4.79 Å². The van der Waals surface area contributed by atoms with Gasteiger partial charge in [-0.25, -0.2) is 0 Å². The number of hydrogen-bond donors (Lipinski definition) is 2. The lowest BCUT2D eigenvalue weighted by atomic mass is 10.0. The summed E-state index contributed by atoms with van der Waals surface area (Å²) < 4.78 is 1.97. The monoisotopic (exact) mass is 466 g/mol. The predicted octanol–water partition coefficient (Wildman–Crippen LogP) is 4.68. The number of H-pyrrole nitrogens is 1. The third kappa shape index (κ3) is 3.47. The van der Waals surface area contributed by atoms with Gasteiger partial charge in [-0.15, -0.1) is 10.2 Å². The molecule has 0 fully saturated rings. The van der Waals surface area contributed by atoms with Gasteiger partial charge < -0.3 is 10.3 Å². The highest BCUT2D eigenvalue weighted by Crippen LogP contribution is 2.28. The summed E-state index contributed by atoms with van der Waals surface area (Å²) >= 11 is 6.50. The first-order valence-electron chi connectivity index (χ1n) is 10.9. The molecule has 5 aromatic rings. The first kappa shape index (κ1) is 20.4. The zero-order chi connectivity index (χ0) is 23.1. The molecule has 0 aliphatic carbocycles. The summed E-state index contributed by atoms with van der Waals surface area (Å²) in [6.45, 7) is 0.565. The van der Waals surface area contributed by atoms with Gasteiger partial charge in [0.25, 0.3) is 5.91 Å². The molecule has 34 heavy (non-hydrogen) atoms. The Morgan fingerprint density at radius 1 is 0.971 bits per heavy atom. The fraction of sp³-hybridized carbons (Fsp3) is 0.0769. The van der Waals surface area contributed by atoms with Crippen molar-refractivity contribution < 1.29 is 4.79 Å². The SMILES string of the molecule is O=C(NCc1nnc2n1-c1ccccc1C(c1ccccc1Cl)=NC2)c1cc2ccccc2[nH]1. The Morgan fingerprint density at radius 3 is 2.59 bits per heavy atom. The van der Waals surface area contributed by atoms with E-state index in [0.717, 1.165) is 33.4 Å². The molecule has 7 nitrogen and oxygen atoms in total. The van der Waals surface area contributed by atoms with Gasteiger partial charge in [0.15, 0.2) is 11.6 Å². The number of nitrogens with one attached hydrogen (secondary N) is 2. The molecule has 0 unspecified atom stereocenters. The number of carbonyl (C=O) groups excluding carboxylic acids is 1. The number of amides is 1. The van der Waals surface area contributed by atoms with Crippen LogP contribution in [0.5, 0.6) is 0 Å². The average molecular weight is 467 g/mol. The van der Waals surface area contributed by atoms with Crippen LogP contribution in [-0.2, 0) is 13.1 Å². The van der Waals surface area contributed by atoms with Crippen molar-refractivity contribution in [3.05, 3.63) is 112 Å². The summed E-state index contributed by atoms with van der Waals surface area (Å²) in [4.78, 5) is 20.8. The molecular formula is C26H19ClN6O. The Balaban J connectivity index is 1.33. The van der Waals surface area contributed by atoms with Crippen LogP contribution in [0, 0.1) is 0 Å². The second kappa shape index (κ2) is 8.28. The van der Waals surface area contributed by atoms with Crippen LogP contribution in [0.15, 0.2) is 83.9 Å². The van der Waals surface area contributed by atoms with Crippen LogP contribution in [0.3, 0.4) is 0 Å². The molecule has 166 valence electrons. The molecule has 0 atom stereocenters. The molecular weight excluding hydrogens is 448 g/mol. The number of para-hydroxylation sites is 2. The molecule has 3 aromatic carbocycles. The van der Waals surface area contributed by atoms with E-state index in [4.69, 9.17) is 16.6 Å². The summed E-state index contributed by atoms with van der Waals surface area (Å²) in [6.07, 6.45) is 0. The van der Waals surface area contributed by atoms with Crippen molar-refractivity contribution in [2.24, 2.45) is 4.99 Å². The van der Waals surface area contributed by atoms with Crippen LogP contribution >= 0.6 is 11.6 Å². The van der Waals surface area contributed by atoms with E-state index in [1.165, 1.54) is 0 Å². The Bertz CT molecular complexity index is 1550. The van der Waals surface area contributed by atoms with Crippen molar-refractivity contribution in [1.29, 1.82) is 0 Å². The molecule has 1 amide bonds. The quantitative estimate of drug-likeness (QED) is 0.403. The molecule has 1 aliphatic rings. The smallest absolute Gasteiger partial charge is 0.268 e. The number of halogens is 1. The maximum Gasteiger partial charge on any atom is 0.268 e. The lowest BCUT2D eigenvalue weighted by Crippen LogP contribution is -2.25. The average Bonchev–Trinajstić information content (AvgIpc) is 3.44. The molecule has 0 bridgehead atoms. The van der Waals surface area contributed by atoms with Crippen LogP contribution < -0.4 is 5.32 Å². The summed E-state index contributed by atoms with van der Waals surface area (Å²) in [7, 11) is 0. The Hall–Kier alpha value is -4.23. The lowest BCUT2D eigenvalue weighted by molar-refractivity contribution is 0.0945. The van der Waals surface area contributed by atoms with Crippen LogP contribution in [-0.4, -0.2) is 31.4 Å². The third-order valence-corrected chi connectivity index (χ3v) is 6.22. The zero-order valence-electron chi connectivity index (χ0n) is 18.0. The number of carbonyl (C=O) groups is 1. The van der Waals surface area contributed by atoms with Crippen molar-refractivity contribution in [2.45, 2.75) is 13.1 Å². The standard InChI is InChI=1S/C26H19ClN6O/c27-19-10-4-2-8-17(19)25-18-9-3-6-12-22(18)33-23(14-28-25)31-32-24(33)15-29-26(34)21-13-16-7-1-5-11-20(16)30-21/h1-13,30H,14-15H2,(H,29,34). The van der Waals surface area contributed by atoms with E-state index in [2.05, 4.69) is 20.5 Å². The number of benzene rings is 3. The van der Waals surface area contributed by atoms with Crippen molar-refractivity contribution >= 4 is 34.1 Å². The normalized spacial score (nSPS) is 12.6. The van der Waals surface area contributed by atoms with Gasteiger partial charge in [0.05, 0.1) is 17.9 Å². The van der Waals surface area contributed by atoms with Crippen LogP contribution in [0.25, 0.3) is 16.6 Å². The fourth-order valence-electron chi connectivity index (χ4n) is 4.29. The molecule has 3 heterocycles. The fourth-order valence-corrected chi connectivity index (χ4v) is 4.51. The molecule has 0 saturated heterocycles. The van der Waals surface area contributed by atoms with E-state index >= 15 is 0 Å². The molecule has 2 N–H and O–H groups in total. The van der Waals surface area contributed by atoms with Crippen molar-refractivity contribution in [3.8, 4) is 5.69 Å². The molecule has 8 heteroatoms. The molecule has 1 aliphatic heterocycles. The van der Waals surface area contributed by atoms with E-state index in [0.29, 0.717) is 28.9 Å². The topological polar surface area (TPSA) is 88.0 Å². The molecule has 2 aromatic heterocycles. The largest absolute Gasteiger partial charge is 0.351 e. The van der Waals surface area contributed by atoms with Crippen LogP contribution in [0.4, 0.5) is 0 Å². The molecule has 6 rings (SSSR count). The number of aliphatic imine (C=N–C) groups is 1. The number of aromatic amines is 1. The second-order valence-corrected chi connectivity index (χ2v) is 8.39. The summed E-state index contributed by atoms with van der Waals surface area (Å²) in [5.74, 6) is 1.12. The molecule has 0 spiro atoms. The first-order chi connectivity index (χ1) is 16.7. The van der Waals surface area contributed by atoms with Crippen molar-refractivity contribution in [1.82, 2.24) is 25.1 Å². The highest BCUT2D eigenvalue weighted by molar-refractivity contribution is 6.35. The van der Waals surface area contributed by atoms with Gasteiger partial charge in [-0.05, 0) is 24.3 Å².